The lowest BCUT2D eigenvalue weighted by Crippen LogP contribution is -2.35. The van der Waals surface area contributed by atoms with Crippen molar-refractivity contribution in [1.29, 1.82) is 0 Å². The number of halogens is 2. The van der Waals surface area contributed by atoms with Crippen LogP contribution in [-0.4, -0.2) is 38.7 Å². The summed E-state index contributed by atoms with van der Waals surface area (Å²) in [5, 5.41) is 11.8. The summed E-state index contributed by atoms with van der Waals surface area (Å²) >= 11 is 6.96. The average Bonchev–Trinajstić information content (AvgIpc) is 2.39. The van der Waals surface area contributed by atoms with Gasteiger partial charge in [-0.2, -0.15) is 0 Å². The monoisotopic (exact) mass is 433 g/mol. The zero-order valence-corrected chi connectivity index (χ0v) is 16.2. The van der Waals surface area contributed by atoms with Gasteiger partial charge in [0.15, 0.2) is 0 Å². The lowest BCUT2D eigenvalue weighted by Gasteiger charge is -2.33. The largest absolute Gasteiger partial charge is 0.411 e. The van der Waals surface area contributed by atoms with Crippen LogP contribution in [-0.2, 0) is 15.3 Å². The summed E-state index contributed by atoms with van der Waals surface area (Å²) in [4.78, 5) is 0. The van der Waals surface area contributed by atoms with Crippen molar-refractivity contribution in [2.45, 2.75) is 26.6 Å². The molecular weight excluding hydrogens is 422 g/mol. The maximum atomic E-state index is 8.73. The molecule has 4 nitrogen and oxygen atoms in total. The maximum absolute atomic E-state index is 8.73. The van der Waals surface area contributed by atoms with Gasteiger partial charge in [-0.1, -0.05) is 41.0 Å². The highest BCUT2D eigenvalue weighted by molar-refractivity contribution is 9.11. The van der Waals surface area contributed by atoms with Crippen molar-refractivity contribution in [3.05, 3.63) is 32.2 Å². The molecule has 106 valence electrons. The first-order valence-corrected chi connectivity index (χ1v) is 8.06. The van der Waals surface area contributed by atoms with E-state index in [2.05, 4.69) is 58.0 Å². The van der Waals surface area contributed by atoms with E-state index in [1.807, 2.05) is 26.0 Å². The molecule has 0 unspecified atom stereocenters. The molecule has 0 heterocycles. The van der Waals surface area contributed by atoms with E-state index < -0.39 is 6.29 Å². The number of rotatable bonds is 6. The first-order valence-electron chi connectivity index (χ1n) is 5.66. The highest BCUT2D eigenvalue weighted by Gasteiger charge is 2.30. The number of hydrogen-bond acceptors (Lipinski definition) is 4. The van der Waals surface area contributed by atoms with Gasteiger partial charge in [0, 0.05) is 19.9 Å². The summed E-state index contributed by atoms with van der Waals surface area (Å²) in [5.74, 6) is 0. The van der Waals surface area contributed by atoms with E-state index in [4.69, 9.17) is 14.1 Å². The zero-order chi connectivity index (χ0) is 15.3. The summed E-state index contributed by atoms with van der Waals surface area (Å²) in [6.45, 7) is 4.04. The molecule has 1 rings (SSSR count). The summed E-state index contributed by atoms with van der Waals surface area (Å²) in [7, 11) is 6.03. The van der Waals surface area contributed by atoms with Gasteiger partial charge in [0.1, 0.15) is 6.29 Å². The molecular formula is C12H13Br2NO3Si2. The lowest BCUT2D eigenvalue weighted by molar-refractivity contribution is -0.0726. The Balaban J connectivity index is 3.13. The topological polar surface area (TPSA) is 51.1 Å². The molecule has 0 spiro atoms. The molecule has 1 aromatic rings. The molecule has 0 aliphatic rings. The van der Waals surface area contributed by atoms with Crippen molar-refractivity contribution in [2.75, 3.05) is 0 Å². The minimum Gasteiger partial charge on any atom is -0.411 e. The number of nitrogens with zero attached hydrogens (tertiary/aromatic N) is 1. The van der Waals surface area contributed by atoms with Crippen LogP contribution in [0.4, 0.5) is 0 Å². The van der Waals surface area contributed by atoms with Gasteiger partial charge < -0.3 is 14.1 Å². The predicted molar refractivity (Wildman–Crippen MR) is 86.2 cm³/mol. The Morgan fingerprint density at radius 3 is 2.45 bits per heavy atom. The molecule has 0 bridgehead atoms. The Kier molecular flexibility index (Phi) is 7.09. The van der Waals surface area contributed by atoms with E-state index in [-0.39, 0.29) is 5.41 Å². The van der Waals surface area contributed by atoms with Gasteiger partial charge in [-0.3, -0.25) is 0 Å². The van der Waals surface area contributed by atoms with E-state index in [9.17, 15) is 0 Å². The van der Waals surface area contributed by atoms with Crippen molar-refractivity contribution in [2.24, 2.45) is 10.6 Å². The van der Waals surface area contributed by atoms with Gasteiger partial charge in [0.2, 0.25) is 21.0 Å². The molecule has 6 radical (unpaired) electrons. The molecule has 0 amide bonds. The van der Waals surface area contributed by atoms with Crippen LogP contribution in [0, 0.1) is 5.41 Å². The summed E-state index contributed by atoms with van der Waals surface area (Å²) in [5.41, 5.74) is 1.52. The molecule has 1 aromatic carbocycles. The van der Waals surface area contributed by atoms with Gasteiger partial charge in [0.25, 0.3) is 0 Å². The lowest BCUT2D eigenvalue weighted by atomic mass is 9.85. The minimum absolute atomic E-state index is 0.298. The average molecular weight is 435 g/mol. The fourth-order valence-corrected chi connectivity index (χ4v) is 3.96. The van der Waals surface area contributed by atoms with E-state index in [1.54, 1.807) is 0 Å². The Hall–Kier alpha value is 0.00377. The minimum atomic E-state index is -0.471. The van der Waals surface area contributed by atoms with E-state index in [1.165, 1.54) is 6.21 Å². The second kappa shape index (κ2) is 7.85. The molecule has 0 saturated carbocycles. The Labute approximate surface area is 142 Å². The third-order valence-corrected chi connectivity index (χ3v) is 4.95. The normalized spacial score (nSPS) is 12.6. The van der Waals surface area contributed by atoms with E-state index in [0.29, 0.717) is 6.42 Å². The highest BCUT2D eigenvalue weighted by atomic mass is 79.9. The predicted octanol–water partition coefficient (Wildman–Crippen LogP) is 3.11. The van der Waals surface area contributed by atoms with Crippen LogP contribution < -0.4 is 0 Å². The Morgan fingerprint density at radius 1 is 1.35 bits per heavy atom. The second-order valence-corrected chi connectivity index (χ2v) is 7.03. The molecule has 8 heteroatoms. The molecule has 0 aliphatic heterocycles. The smallest absolute Gasteiger partial charge is 0.249 e. The van der Waals surface area contributed by atoms with Crippen LogP contribution in [0.5, 0.6) is 0 Å². The standard InChI is InChI=1S/C12H13Br2NO3Si2/c1-12(2,11(17-19)18-20)5-7-3-4-9(13)8(6-15-16)10(7)14/h3-4,6,11,16H,5H2,1-2H3/b15-6+. The van der Waals surface area contributed by atoms with Gasteiger partial charge >= 0.3 is 0 Å². The third-order valence-electron chi connectivity index (χ3n) is 2.89. The van der Waals surface area contributed by atoms with Gasteiger partial charge in [-0.15, -0.1) is 0 Å². The number of oxime groups is 1. The van der Waals surface area contributed by atoms with Crippen LogP contribution in [0.1, 0.15) is 25.0 Å². The first-order chi connectivity index (χ1) is 9.37. The molecule has 0 fully saturated rings. The SMILES string of the molecule is CC(C)(Cc1ccc(Br)c(/C=N/O)c1Br)C(O[Si])O[Si]. The van der Waals surface area contributed by atoms with Crippen molar-refractivity contribution >= 4 is 59.0 Å². The van der Waals surface area contributed by atoms with E-state index in [0.717, 1.165) is 20.1 Å². The summed E-state index contributed by atoms with van der Waals surface area (Å²) in [6.07, 6.45) is 1.59. The molecule has 20 heavy (non-hydrogen) atoms. The van der Waals surface area contributed by atoms with E-state index >= 15 is 0 Å². The molecule has 1 N–H and O–H groups in total. The van der Waals surface area contributed by atoms with Crippen LogP contribution in [0.15, 0.2) is 26.2 Å². The Bertz CT molecular complexity index is 494. The fourth-order valence-electron chi connectivity index (χ4n) is 1.84. The second-order valence-electron chi connectivity index (χ2n) is 4.91. The van der Waals surface area contributed by atoms with Crippen LogP contribution in [0.3, 0.4) is 0 Å². The summed E-state index contributed by atoms with van der Waals surface area (Å²) in [6, 6.07) is 3.90. The molecule has 0 aromatic heterocycles. The van der Waals surface area contributed by atoms with Gasteiger partial charge in [-0.25, -0.2) is 0 Å². The molecule has 0 atom stereocenters. The Morgan fingerprint density at radius 2 is 1.95 bits per heavy atom. The van der Waals surface area contributed by atoms with Crippen LogP contribution in [0.2, 0.25) is 0 Å². The fraction of sp³-hybridized carbons (Fsp3) is 0.417. The molecule has 0 saturated heterocycles. The van der Waals surface area contributed by atoms with Crippen molar-refractivity contribution < 1.29 is 14.1 Å². The zero-order valence-electron chi connectivity index (χ0n) is 11.0. The summed E-state index contributed by atoms with van der Waals surface area (Å²) < 4.78 is 11.9. The number of hydrogen-bond donors (Lipinski definition) is 1. The third kappa shape index (κ3) is 4.25. The van der Waals surface area contributed by atoms with Crippen molar-refractivity contribution in [3.8, 4) is 0 Å². The van der Waals surface area contributed by atoms with Gasteiger partial charge in [0.05, 0.1) is 6.21 Å². The maximum Gasteiger partial charge on any atom is 0.249 e. The molecule has 0 aliphatic carbocycles. The van der Waals surface area contributed by atoms with Crippen molar-refractivity contribution in [1.82, 2.24) is 0 Å². The first kappa shape index (κ1) is 18.1. The number of benzene rings is 1. The van der Waals surface area contributed by atoms with Crippen LogP contribution in [0.25, 0.3) is 0 Å². The highest BCUT2D eigenvalue weighted by Crippen LogP contribution is 2.34. The van der Waals surface area contributed by atoms with Gasteiger partial charge in [-0.05, 0) is 34.0 Å². The van der Waals surface area contributed by atoms with Crippen LogP contribution >= 0.6 is 31.9 Å². The van der Waals surface area contributed by atoms with Crippen molar-refractivity contribution in [3.63, 3.8) is 0 Å². The quantitative estimate of drug-likeness (QED) is 0.246.